The summed E-state index contributed by atoms with van der Waals surface area (Å²) in [6.45, 7) is 2.12. The van der Waals surface area contributed by atoms with Crippen LogP contribution in [-0.2, 0) is 5.16 Å². The van der Waals surface area contributed by atoms with E-state index in [-0.39, 0.29) is 0 Å². The molecule has 0 amide bonds. The Kier molecular flexibility index (Phi) is 5.95. The highest BCUT2D eigenvalue weighted by molar-refractivity contribution is 7.19. The Hall–Kier alpha value is -1.93. The lowest BCUT2D eigenvalue weighted by atomic mass is 9.85. The van der Waals surface area contributed by atoms with E-state index in [0.29, 0.717) is 0 Å². The van der Waals surface area contributed by atoms with E-state index in [4.69, 9.17) is 18.9 Å². The monoisotopic (exact) mass is 348 g/mol. The third-order valence-corrected chi connectivity index (χ3v) is 5.29. The Morgan fingerprint density at radius 2 is 1.00 bits per heavy atom. The van der Waals surface area contributed by atoms with Gasteiger partial charge in [-0.3, -0.25) is 0 Å². The van der Waals surface area contributed by atoms with Crippen LogP contribution in [-0.4, -0.2) is 28.4 Å². The van der Waals surface area contributed by atoms with Gasteiger partial charge in [0.15, 0.2) is 0 Å². The van der Waals surface area contributed by atoms with E-state index in [2.05, 4.69) is 16.2 Å². The molecule has 2 rings (SSSR count). The SMILES string of the molecule is CCC(P)(c1c(OC)cccc1OC)c1c(OC)cccc1OC. The fourth-order valence-corrected chi connectivity index (χ4v) is 3.63. The van der Waals surface area contributed by atoms with E-state index >= 15 is 0 Å². The Morgan fingerprint density at radius 3 is 1.21 bits per heavy atom. The molecule has 1 atom stereocenters. The van der Waals surface area contributed by atoms with Gasteiger partial charge in [0.25, 0.3) is 0 Å². The first-order valence-corrected chi connectivity index (χ1v) is 8.36. The predicted octanol–water partition coefficient (Wildman–Crippen LogP) is 4.25. The highest BCUT2D eigenvalue weighted by Gasteiger charge is 2.38. The second-order valence-corrected chi connectivity index (χ2v) is 6.39. The zero-order chi connectivity index (χ0) is 17.7. The standard InChI is InChI=1S/C19H25O4P/c1-6-19(24,17-13(20-2)9-7-10-14(17)21-3)18-15(22-4)11-8-12-16(18)23-5/h7-12H,6,24H2,1-5H3. The molecule has 0 N–H and O–H groups in total. The zero-order valence-corrected chi connectivity index (χ0v) is 16.0. The lowest BCUT2D eigenvalue weighted by Crippen LogP contribution is -2.22. The van der Waals surface area contributed by atoms with Gasteiger partial charge >= 0.3 is 0 Å². The minimum Gasteiger partial charge on any atom is -0.496 e. The maximum Gasteiger partial charge on any atom is 0.127 e. The summed E-state index contributed by atoms with van der Waals surface area (Å²) in [7, 11) is 9.62. The van der Waals surface area contributed by atoms with Crippen molar-refractivity contribution >= 4 is 9.24 Å². The fourth-order valence-electron chi connectivity index (χ4n) is 3.06. The number of hydrogen-bond donors (Lipinski definition) is 0. The molecule has 2 aromatic rings. The largest absolute Gasteiger partial charge is 0.496 e. The molecule has 1 unspecified atom stereocenters. The molecule has 130 valence electrons. The fraction of sp³-hybridized carbons (Fsp3) is 0.368. The Balaban J connectivity index is 2.85. The van der Waals surface area contributed by atoms with E-state index in [1.54, 1.807) is 28.4 Å². The Bertz CT molecular complexity index is 600. The molecule has 0 spiro atoms. The lowest BCUT2D eigenvalue weighted by molar-refractivity contribution is 0.362. The molecule has 0 aliphatic rings. The number of methoxy groups -OCH3 is 4. The second kappa shape index (κ2) is 7.76. The average Bonchev–Trinajstić information content (AvgIpc) is 2.65. The van der Waals surface area contributed by atoms with Crippen LogP contribution in [0.2, 0.25) is 0 Å². The number of hydrogen-bond acceptors (Lipinski definition) is 4. The third-order valence-electron chi connectivity index (χ3n) is 4.31. The maximum atomic E-state index is 5.63. The average molecular weight is 348 g/mol. The van der Waals surface area contributed by atoms with Crippen LogP contribution >= 0.6 is 9.24 Å². The smallest absolute Gasteiger partial charge is 0.127 e. The summed E-state index contributed by atoms with van der Waals surface area (Å²) in [4.78, 5) is 0. The molecule has 0 saturated carbocycles. The second-order valence-electron chi connectivity index (χ2n) is 5.40. The van der Waals surface area contributed by atoms with Gasteiger partial charge in [0.2, 0.25) is 0 Å². The summed E-state index contributed by atoms with van der Waals surface area (Å²) >= 11 is 0. The first kappa shape index (κ1) is 18.4. The highest BCUT2D eigenvalue weighted by Crippen LogP contribution is 2.54. The molecular formula is C19H25O4P. The molecule has 0 aliphatic carbocycles. The molecular weight excluding hydrogens is 323 g/mol. The van der Waals surface area contributed by atoms with Gasteiger partial charge in [0, 0.05) is 5.16 Å². The Morgan fingerprint density at radius 1 is 0.708 bits per heavy atom. The summed E-state index contributed by atoms with van der Waals surface area (Å²) in [6.07, 6.45) is 0.783. The van der Waals surface area contributed by atoms with Crippen molar-refractivity contribution in [3.63, 3.8) is 0 Å². The van der Waals surface area contributed by atoms with Crippen molar-refractivity contribution in [1.29, 1.82) is 0 Å². The topological polar surface area (TPSA) is 36.9 Å². The van der Waals surface area contributed by atoms with Crippen molar-refractivity contribution in [2.24, 2.45) is 0 Å². The predicted molar refractivity (Wildman–Crippen MR) is 99.9 cm³/mol. The van der Waals surface area contributed by atoms with Gasteiger partial charge in [0.05, 0.1) is 39.6 Å². The molecule has 24 heavy (non-hydrogen) atoms. The van der Waals surface area contributed by atoms with Gasteiger partial charge in [-0.05, 0) is 30.7 Å². The number of ether oxygens (including phenoxy) is 4. The van der Waals surface area contributed by atoms with Crippen LogP contribution in [0.4, 0.5) is 0 Å². The van der Waals surface area contributed by atoms with E-state index in [9.17, 15) is 0 Å². The minimum atomic E-state index is -0.490. The molecule has 2 aromatic carbocycles. The molecule has 0 aromatic heterocycles. The first-order chi connectivity index (χ1) is 11.6. The quantitative estimate of drug-likeness (QED) is 0.701. The van der Waals surface area contributed by atoms with Crippen molar-refractivity contribution in [3.05, 3.63) is 47.5 Å². The molecule has 4 nitrogen and oxygen atoms in total. The minimum absolute atomic E-state index is 0.490. The maximum absolute atomic E-state index is 5.63. The van der Waals surface area contributed by atoms with Gasteiger partial charge in [-0.2, -0.15) is 0 Å². The van der Waals surface area contributed by atoms with E-state index < -0.39 is 5.16 Å². The highest BCUT2D eigenvalue weighted by atomic mass is 31.0. The van der Waals surface area contributed by atoms with E-state index in [0.717, 1.165) is 40.5 Å². The molecule has 0 radical (unpaired) electrons. The third kappa shape index (κ3) is 3.03. The summed E-state index contributed by atoms with van der Waals surface area (Å²) in [5.41, 5.74) is 1.90. The van der Waals surface area contributed by atoms with Gasteiger partial charge in [-0.15, -0.1) is 9.24 Å². The summed E-state index contributed by atoms with van der Waals surface area (Å²) in [5.74, 6) is 3.05. The molecule has 0 saturated heterocycles. The van der Waals surface area contributed by atoms with Crippen LogP contribution in [0.1, 0.15) is 24.5 Å². The van der Waals surface area contributed by atoms with Crippen LogP contribution in [0.5, 0.6) is 23.0 Å². The Labute approximate surface area is 146 Å². The summed E-state index contributed by atoms with van der Waals surface area (Å²) < 4.78 is 22.5. The van der Waals surface area contributed by atoms with Crippen molar-refractivity contribution in [2.45, 2.75) is 18.5 Å². The normalized spacial score (nSPS) is 11.1. The molecule has 0 bridgehead atoms. The summed E-state index contributed by atoms with van der Waals surface area (Å²) in [5, 5.41) is -0.490. The lowest BCUT2D eigenvalue weighted by Gasteiger charge is -2.34. The zero-order valence-electron chi connectivity index (χ0n) is 14.9. The van der Waals surface area contributed by atoms with Crippen molar-refractivity contribution in [3.8, 4) is 23.0 Å². The summed E-state index contributed by atoms with van der Waals surface area (Å²) in [6, 6.07) is 11.6. The van der Waals surface area contributed by atoms with Crippen LogP contribution in [0.25, 0.3) is 0 Å². The molecule has 5 heteroatoms. The number of rotatable bonds is 7. The van der Waals surface area contributed by atoms with Crippen LogP contribution < -0.4 is 18.9 Å². The van der Waals surface area contributed by atoms with Crippen molar-refractivity contribution in [2.75, 3.05) is 28.4 Å². The van der Waals surface area contributed by atoms with Crippen LogP contribution in [0.15, 0.2) is 36.4 Å². The molecule has 0 fully saturated rings. The van der Waals surface area contributed by atoms with Crippen LogP contribution in [0, 0.1) is 0 Å². The van der Waals surface area contributed by atoms with Crippen LogP contribution in [0.3, 0.4) is 0 Å². The van der Waals surface area contributed by atoms with E-state index in [1.807, 2.05) is 36.4 Å². The first-order valence-electron chi connectivity index (χ1n) is 7.79. The van der Waals surface area contributed by atoms with Crippen molar-refractivity contribution in [1.82, 2.24) is 0 Å². The molecule has 0 aliphatic heterocycles. The molecule has 0 heterocycles. The van der Waals surface area contributed by atoms with Gasteiger partial charge < -0.3 is 18.9 Å². The number of benzene rings is 2. The van der Waals surface area contributed by atoms with Gasteiger partial charge in [-0.25, -0.2) is 0 Å². The van der Waals surface area contributed by atoms with E-state index in [1.165, 1.54) is 0 Å². The van der Waals surface area contributed by atoms with Gasteiger partial charge in [-0.1, -0.05) is 19.1 Å². The van der Waals surface area contributed by atoms with Gasteiger partial charge in [0.1, 0.15) is 23.0 Å². The van der Waals surface area contributed by atoms with Crippen molar-refractivity contribution < 1.29 is 18.9 Å².